The number of hydrogen-bond acceptors (Lipinski definition) is 5. The number of rotatable bonds is 3. The predicted octanol–water partition coefficient (Wildman–Crippen LogP) is 1.03. The van der Waals surface area contributed by atoms with Gasteiger partial charge in [0.25, 0.3) is 5.91 Å². The molecule has 0 aromatic carbocycles. The second-order valence-electron chi connectivity index (χ2n) is 6.09. The molecule has 2 saturated heterocycles. The van der Waals surface area contributed by atoms with Crippen LogP contribution in [0.1, 0.15) is 43.1 Å². The smallest absolute Gasteiger partial charge is 0.269 e. The molecule has 2 aliphatic heterocycles. The van der Waals surface area contributed by atoms with Gasteiger partial charge in [-0.2, -0.15) is 0 Å². The summed E-state index contributed by atoms with van der Waals surface area (Å²) < 4.78 is 0. The van der Waals surface area contributed by atoms with Crippen LogP contribution in [0, 0.1) is 0 Å². The molecule has 2 fully saturated rings. The molecule has 1 amide bonds. The van der Waals surface area contributed by atoms with Crippen LogP contribution in [-0.4, -0.2) is 52.7 Å². The summed E-state index contributed by atoms with van der Waals surface area (Å²) in [5.74, 6) is 0.309. The topological polar surface area (TPSA) is 75.3 Å². The van der Waals surface area contributed by atoms with Crippen molar-refractivity contribution in [3.63, 3.8) is 0 Å². The van der Waals surface area contributed by atoms with E-state index < -0.39 is 5.91 Å². The summed E-state index contributed by atoms with van der Waals surface area (Å²) in [5, 5.41) is 8.01. The van der Waals surface area contributed by atoms with E-state index in [1.807, 2.05) is 6.07 Å². The van der Waals surface area contributed by atoms with E-state index in [1.54, 1.807) is 6.07 Å². The van der Waals surface area contributed by atoms with E-state index in [4.69, 9.17) is 5.73 Å². The first-order valence-corrected chi connectivity index (χ1v) is 7.79. The minimum absolute atomic E-state index is 0.222. The van der Waals surface area contributed by atoms with Crippen molar-refractivity contribution in [1.29, 1.82) is 0 Å². The number of nitrogens with two attached hydrogens (primary N) is 1. The average Bonchev–Trinajstić information content (AvgIpc) is 2.94. The Kier molecular flexibility index (Phi) is 4.05. The largest absolute Gasteiger partial charge is 0.364 e. The summed E-state index contributed by atoms with van der Waals surface area (Å²) >= 11 is 0. The van der Waals surface area contributed by atoms with E-state index in [0.717, 1.165) is 24.9 Å². The number of primary amides is 1. The Morgan fingerprint density at radius 1 is 1.19 bits per heavy atom. The van der Waals surface area contributed by atoms with Crippen LogP contribution < -0.4 is 10.6 Å². The van der Waals surface area contributed by atoms with Crippen LogP contribution >= 0.6 is 0 Å². The number of nitrogens with zero attached hydrogens (tertiary/aromatic N) is 4. The van der Waals surface area contributed by atoms with Crippen LogP contribution in [0.4, 0.5) is 5.82 Å². The zero-order valence-electron chi connectivity index (χ0n) is 12.5. The first-order valence-electron chi connectivity index (χ1n) is 7.79. The fourth-order valence-corrected chi connectivity index (χ4v) is 3.55. The molecule has 0 saturated carbocycles. The molecule has 3 rings (SSSR count). The van der Waals surface area contributed by atoms with E-state index in [9.17, 15) is 4.79 Å². The van der Waals surface area contributed by atoms with E-state index >= 15 is 0 Å². The van der Waals surface area contributed by atoms with Gasteiger partial charge in [0.2, 0.25) is 0 Å². The fourth-order valence-electron chi connectivity index (χ4n) is 3.55. The normalized spacial score (nSPS) is 24.4. The third-order valence-corrected chi connectivity index (χ3v) is 4.76. The molecule has 1 aromatic rings. The molecule has 3 heterocycles. The van der Waals surface area contributed by atoms with Gasteiger partial charge in [-0.1, -0.05) is 0 Å². The number of anilines is 1. The molecule has 0 bridgehead atoms. The number of carbonyl (C=O) groups excluding carboxylic acids is 1. The van der Waals surface area contributed by atoms with Gasteiger partial charge in [0.05, 0.1) is 0 Å². The molecule has 1 atom stereocenters. The molecule has 114 valence electrons. The van der Waals surface area contributed by atoms with Gasteiger partial charge in [-0.15, -0.1) is 10.2 Å². The van der Waals surface area contributed by atoms with E-state index in [0.29, 0.717) is 6.04 Å². The number of piperidine rings is 1. The zero-order valence-corrected chi connectivity index (χ0v) is 12.5. The van der Waals surface area contributed by atoms with Crippen molar-refractivity contribution < 1.29 is 4.79 Å². The number of hydrogen-bond donors (Lipinski definition) is 1. The molecular weight excluding hydrogens is 266 g/mol. The molecule has 6 nitrogen and oxygen atoms in total. The van der Waals surface area contributed by atoms with Crippen molar-refractivity contribution >= 4 is 11.7 Å². The highest BCUT2D eigenvalue weighted by molar-refractivity contribution is 5.90. The number of carbonyl (C=O) groups is 1. The maximum absolute atomic E-state index is 11.0. The maximum atomic E-state index is 11.0. The Bertz CT molecular complexity index is 495. The lowest BCUT2D eigenvalue weighted by molar-refractivity contribution is 0.0994. The van der Waals surface area contributed by atoms with Crippen LogP contribution in [0.15, 0.2) is 12.1 Å². The molecule has 2 N–H and O–H groups in total. The van der Waals surface area contributed by atoms with Crippen molar-refractivity contribution in [2.75, 3.05) is 24.5 Å². The van der Waals surface area contributed by atoms with Gasteiger partial charge in [0, 0.05) is 25.2 Å². The Hall–Kier alpha value is -1.69. The highest BCUT2D eigenvalue weighted by Gasteiger charge is 2.30. The van der Waals surface area contributed by atoms with E-state index in [2.05, 4.69) is 26.9 Å². The second-order valence-corrected chi connectivity index (χ2v) is 6.09. The van der Waals surface area contributed by atoms with Crippen LogP contribution in [0.5, 0.6) is 0 Å². The summed E-state index contributed by atoms with van der Waals surface area (Å²) in [6, 6.07) is 4.93. The lowest BCUT2D eigenvalue weighted by Crippen LogP contribution is -2.46. The van der Waals surface area contributed by atoms with Crippen molar-refractivity contribution in [2.24, 2.45) is 5.73 Å². The summed E-state index contributed by atoms with van der Waals surface area (Å²) in [7, 11) is 0. The third-order valence-electron chi connectivity index (χ3n) is 4.76. The highest BCUT2D eigenvalue weighted by Crippen LogP contribution is 2.26. The Morgan fingerprint density at radius 3 is 2.48 bits per heavy atom. The van der Waals surface area contributed by atoms with Crippen LogP contribution in [0.25, 0.3) is 0 Å². The van der Waals surface area contributed by atoms with Crippen molar-refractivity contribution in [1.82, 2.24) is 15.1 Å². The lowest BCUT2D eigenvalue weighted by Gasteiger charge is -2.38. The van der Waals surface area contributed by atoms with Gasteiger partial charge in [-0.05, 0) is 51.3 Å². The summed E-state index contributed by atoms with van der Waals surface area (Å²) in [5.41, 5.74) is 5.40. The van der Waals surface area contributed by atoms with Gasteiger partial charge in [0.1, 0.15) is 0 Å². The van der Waals surface area contributed by atoms with Crippen LogP contribution in [-0.2, 0) is 0 Å². The maximum Gasteiger partial charge on any atom is 0.269 e. The SMILES string of the molecule is CC1CCCN1C1CCN(c2ccc(C(N)=O)nn2)CC1. The Balaban J connectivity index is 1.59. The zero-order chi connectivity index (χ0) is 14.8. The minimum atomic E-state index is -0.532. The van der Waals surface area contributed by atoms with Crippen LogP contribution in [0.2, 0.25) is 0 Å². The highest BCUT2D eigenvalue weighted by atomic mass is 16.1. The average molecular weight is 289 g/mol. The van der Waals surface area contributed by atoms with Crippen molar-refractivity contribution in [2.45, 2.75) is 44.7 Å². The minimum Gasteiger partial charge on any atom is -0.364 e. The lowest BCUT2D eigenvalue weighted by atomic mass is 10.0. The quantitative estimate of drug-likeness (QED) is 0.899. The summed E-state index contributed by atoms with van der Waals surface area (Å²) in [6.07, 6.45) is 5.01. The Labute approximate surface area is 125 Å². The molecule has 1 unspecified atom stereocenters. The monoisotopic (exact) mass is 289 g/mol. The van der Waals surface area contributed by atoms with Gasteiger partial charge in [-0.3, -0.25) is 9.69 Å². The molecule has 1 aromatic heterocycles. The van der Waals surface area contributed by atoms with Crippen molar-refractivity contribution in [3.8, 4) is 0 Å². The van der Waals surface area contributed by atoms with Gasteiger partial charge in [-0.25, -0.2) is 0 Å². The Morgan fingerprint density at radius 2 is 1.95 bits per heavy atom. The van der Waals surface area contributed by atoms with Gasteiger partial charge in [0.15, 0.2) is 11.5 Å². The molecule has 6 heteroatoms. The molecular formula is C15H23N5O. The summed E-state index contributed by atoms with van der Waals surface area (Å²) in [6.45, 7) is 5.59. The molecule has 0 radical (unpaired) electrons. The number of likely N-dealkylation sites (tertiary alicyclic amines) is 1. The van der Waals surface area contributed by atoms with Gasteiger partial charge < -0.3 is 10.6 Å². The first kappa shape index (κ1) is 14.3. The molecule has 21 heavy (non-hydrogen) atoms. The van der Waals surface area contributed by atoms with Crippen LogP contribution in [0.3, 0.4) is 0 Å². The molecule has 0 aliphatic carbocycles. The standard InChI is InChI=1S/C15H23N5O/c1-11-3-2-8-20(11)12-6-9-19(10-7-12)14-5-4-13(15(16)21)17-18-14/h4-5,11-12H,2-3,6-10H2,1H3,(H2,16,21). The van der Waals surface area contributed by atoms with Gasteiger partial charge >= 0.3 is 0 Å². The number of aromatic nitrogens is 2. The third kappa shape index (κ3) is 3.00. The van der Waals surface area contributed by atoms with E-state index in [1.165, 1.54) is 32.2 Å². The number of amides is 1. The van der Waals surface area contributed by atoms with E-state index in [-0.39, 0.29) is 5.69 Å². The predicted molar refractivity (Wildman–Crippen MR) is 81.2 cm³/mol. The first-order chi connectivity index (χ1) is 10.1. The fraction of sp³-hybridized carbons (Fsp3) is 0.667. The van der Waals surface area contributed by atoms with Crippen molar-refractivity contribution in [3.05, 3.63) is 17.8 Å². The molecule has 0 spiro atoms. The second kappa shape index (κ2) is 5.97. The summed E-state index contributed by atoms with van der Waals surface area (Å²) in [4.78, 5) is 15.9. The molecule has 2 aliphatic rings.